The number of hydrogen-bond acceptors (Lipinski definition) is 8. The fourth-order valence-corrected chi connectivity index (χ4v) is 4.39. The molecule has 1 aliphatic rings. The first-order chi connectivity index (χ1) is 18.1. The number of unbranched alkanes of at least 4 members (excludes halogenated alkanes) is 7. The Labute approximate surface area is 229 Å². The van der Waals surface area contributed by atoms with E-state index in [4.69, 9.17) is 15.3 Å². The highest BCUT2D eigenvalue weighted by molar-refractivity contribution is 5.69. The van der Waals surface area contributed by atoms with Crippen molar-refractivity contribution in [3.63, 3.8) is 0 Å². The monoisotopic (exact) mass is 546 g/mol. The average molecular weight is 547 g/mol. The van der Waals surface area contributed by atoms with Gasteiger partial charge in [-0.15, -0.1) is 0 Å². The molecule has 1 saturated heterocycles. The van der Waals surface area contributed by atoms with Gasteiger partial charge in [0.05, 0.1) is 25.7 Å². The fraction of sp³-hybridized carbons (Fsp3) is 0.889. The number of carbonyl (C=O) groups is 3. The van der Waals surface area contributed by atoms with Gasteiger partial charge in [0.15, 0.2) is 0 Å². The molecule has 0 aromatic carbocycles. The van der Waals surface area contributed by atoms with E-state index in [1.54, 1.807) is 21.6 Å². The average Bonchev–Trinajstić information content (AvgIpc) is 2.82. The maximum absolute atomic E-state index is 11.1. The lowest BCUT2D eigenvalue weighted by Crippen LogP contribution is -2.49. The quantitative estimate of drug-likeness (QED) is 0.224. The number of aliphatic hydroxyl groups excluding tert-OH is 1. The van der Waals surface area contributed by atoms with Crippen LogP contribution in [0.2, 0.25) is 0 Å². The third kappa shape index (κ3) is 22.2. The predicted molar refractivity (Wildman–Crippen MR) is 149 cm³/mol. The van der Waals surface area contributed by atoms with E-state index in [9.17, 15) is 19.5 Å². The molecular weight excluding hydrogens is 492 g/mol. The zero-order valence-corrected chi connectivity index (χ0v) is 24.0. The first-order valence-corrected chi connectivity index (χ1v) is 14.3. The molecule has 0 aliphatic carbocycles. The van der Waals surface area contributed by atoms with E-state index in [1.165, 1.54) is 51.4 Å². The molecule has 1 atom stereocenters. The van der Waals surface area contributed by atoms with Gasteiger partial charge in [0.25, 0.3) is 0 Å². The topological polar surface area (TPSA) is 145 Å². The summed E-state index contributed by atoms with van der Waals surface area (Å²) < 4.78 is 0. The number of β-amino-alcohol motifs (C(OH)–C–C–N with tert-alkyl or cyclic N) is 1. The van der Waals surface area contributed by atoms with Gasteiger partial charge in [-0.2, -0.15) is 0 Å². The lowest BCUT2D eigenvalue weighted by molar-refractivity contribution is -0.140. The largest absolute Gasteiger partial charge is 0.480 e. The Kier molecular flexibility index (Phi) is 22.0. The lowest BCUT2D eigenvalue weighted by Gasteiger charge is -2.33. The zero-order chi connectivity index (χ0) is 28.8. The summed E-state index contributed by atoms with van der Waals surface area (Å²) >= 11 is 0. The number of carboxylic acids is 3. The number of aliphatic carboxylic acids is 3. The van der Waals surface area contributed by atoms with Crippen LogP contribution in [-0.2, 0) is 14.4 Å². The second-order valence-corrected chi connectivity index (χ2v) is 10.3. The third-order valence-electron chi connectivity index (χ3n) is 6.49. The number of aliphatic hydroxyl groups is 1. The molecule has 1 aliphatic heterocycles. The smallest absolute Gasteiger partial charge is 0.317 e. The minimum Gasteiger partial charge on any atom is -0.480 e. The highest BCUT2D eigenvalue weighted by Gasteiger charge is 2.20. The Hall–Kier alpha value is -1.79. The first kappa shape index (κ1) is 36.2. The SMILES string of the molecule is CC(O)CN1CCN(CC(=O)O)CCN(CC(=O)O)CCN(CC(=O)O)CC1.CCCCCCCCCC. The molecule has 1 rings (SSSR count). The maximum Gasteiger partial charge on any atom is 0.317 e. The lowest BCUT2D eigenvalue weighted by atomic mass is 10.1. The van der Waals surface area contributed by atoms with Gasteiger partial charge >= 0.3 is 17.9 Å². The molecule has 11 nitrogen and oxygen atoms in total. The molecule has 1 heterocycles. The van der Waals surface area contributed by atoms with E-state index in [0.717, 1.165) is 0 Å². The van der Waals surface area contributed by atoms with Gasteiger partial charge in [-0.25, -0.2) is 0 Å². The van der Waals surface area contributed by atoms with Crippen molar-refractivity contribution in [2.24, 2.45) is 0 Å². The summed E-state index contributed by atoms with van der Waals surface area (Å²) in [6.07, 6.45) is 10.9. The van der Waals surface area contributed by atoms with Crippen molar-refractivity contribution in [1.29, 1.82) is 0 Å². The van der Waals surface area contributed by atoms with Gasteiger partial charge in [-0.3, -0.25) is 34.0 Å². The van der Waals surface area contributed by atoms with Crippen LogP contribution in [0.15, 0.2) is 0 Å². The van der Waals surface area contributed by atoms with Gasteiger partial charge in [-0.05, 0) is 6.92 Å². The van der Waals surface area contributed by atoms with Gasteiger partial charge in [0.1, 0.15) is 0 Å². The summed E-state index contributed by atoms with van der Waals surface area (Å²) in [5.74, 6) is -2.89. The molecule has 0 bridgehead atoms. The van der Waals surface area contributed by atoms with Crippen molar-refractivity contribution < 1.29 is 34.8 Å². The molecule has 4 N–H and O–H groups in total. The molecule has 0 aromatic rings. The highest BCUT2D eigenvalue weighted by Crippen LogP contribution is 2.07. The maximum atomic E-state index is 11.1. The molecule has 0 saturated carbocycles. The van der Waals surface area contributed by atoms with Gasteiger partial charge < -0.3 is 20.4 Å². The second-order valence-electron chi connectivity index (χ2n) is 10.3. The van der Waals surface area contributed by atoms with Crippen LogP contribution in [0.4, 0.5) is 0 Å². The van der Waals surface area contributed by atoms with Gasteiger partial charge in [0, 0.05) is 58.9 Å². The van der Waals surface area contributed by atoms with Crippen LogP contribution in [0.5, 0.6) is 0 Å². The van der Waals surface area contributed by atoms with E-state index in [1.807, 2.05) is 4.90 Å². The van der Waals surface area contributed by atoms with Gasteiger partial charge in [0.2, 0.25) is 0 Å². The zero-order valence-electron chi connectivity index (χ0n) is 24.0. The Bertz CT molecular complexity index is 597. The van der Waals surface area contributed by atoms with Crippen molar-refractivity contribution >= 4 is 17.9 Å². The summed E-state index contributed by atoms with van der Waals surface area (Å²) in [5.41, 5.74) is 0. The van der Waals surface area contributed by atoms with Crippen molar-refractivity contribution in [3.8, 4) is 0 Å². The second kappa shape index (κ2) is 23.1. The summed E-state index contributed by atoms with van der Waals surface area (Å²) in [5, 5.41) is 37.1. The van der Waals surface area contributed by atoms with E-state index >= 15 is 0 Å². The van der Waals surface area contributed by atoms with Crippen molar-refractivity contribution in [2.45, 2.75) is 78.2 Å². The minimum atomic E-state index is -0.982. The van der Waals surface area contributed by atoms with Crippen LogP contribution in [0.1, 0.15) is 72.1 Å². The van der Waals surface area contributed by atoms with Crippen molar-refractivity contribution in [1.82, 2.24) is 19.6 Å². The van der Waals surface area contributed by atoms with E-state index < -0.39 is 24.0 Å². The molecule has 0 spiro atoms. The van der Waals surface area contributed by atoms with Gasteiger partial charge in [-0.1, -0.05) is 65.2 Å². The highest BCUT2D eigenvalue weighted by atomic mass is 16.4. The van der Waals surface area contributed by atoms with Crippen LogP contribution in [0.3, 0.4) is 0 Å². The minimum absolute atomic E-state index is 0.144. The molecule has 0 amide bonds. The van der Waals surface area contributed by atoms with Crippen LogP contribution in [0.25, 0.3) is 0 Å². The Morgan fingerprint density at radius 2 is 0.816 bits per heavy atom. The van der Waals surface area contributed by atoms with Crippen molar-refractivity contribution in [2.75, 3.05) is 78.5 Å². The summed E-state index contributed by atoms with van der Waals surface area (Å²) in [4.78, 5) is 40.6. The molecule has 224 valence electrons. The van der Waals surface area contributed by atoms with Crippen LogP contribution >= 0.6 is 0 Å². The summed E-state index contributed by atoms with van der Waals surface area (Å²) in [6, 6.07) is 0. The first-order valence-electron chi connectivity index (χ1n) is 14.3. The van der Waals surface area contributed by atoms with E-state index in [-0.39, 0.29) is 19.6 Å². The normalized spacial score (nSPS) is 18.0. The molecular formula is C27H54N4O7. The molecule has 1 unspecified atom stereocenters. The Morgan fingerprint density at radius 1 is 0.553 bits per heavy atom. The van der Waals surface area contributed by atoms with E-state index in [0.29, 0.717) is 58.9 Å². The summed E-state index contributed by atoms with van der Waals surface area (Å²) in [7, 11) is 0. The number of nitrogens with zero attached hydrogens (tertiary/aromatic N) is 4. The number of rotatable bonds is 15. The van der Waals surface area contributed by atoms with Crippen molar-refractivity contribution in [3.05, 3.63) is 0 Å². The molecule has 0 aromatic heterocycles. The fourth-order valence-electron chi connectivity index (χ4n) is 4.39. The van der Waals surface area contributed by atoms with E-state index in [2.05, 4.69) is 13.8 Å². The Balaban J connectivity index is 0.00000115. The summed E-state index contributed by atoms with van der Waals surface area (Å²) in [6.45, 7) is 9.64. The molecule has 1 fully saturated rings. The Morgan fingerprint density at radius 3 is 1.05 bits per heavy atom. The number of carboxylic acid groups (broad SMARTS) is 3. The molecule has 0 radical (unpaired) electrons. The van der Waals surface area contributed by atoms with Crippen LogP contribution in [-0.4, -0.2) is 143 Å². The van der Waals surface area contributed by atoms with Crippen LogP contribution < -0.4 is 0 Å². The third-order valence-corrected chi connectivity index (χ3v) is 6.49. The van der Waals surface area contributed by atoms with Crippen LogP contribution in [0, 0.1) is 0 Å². The molecule has 38 heavy (non-hydrogen) atoms. The predicted octanol–water partition coefficient (Wildman–Crippen LogP) is 1.99. The standard InChI is InChI=1S/C17H32N4O7.C10H22/c1-14(22)10-18-2-4-19(11-15(23)24)6-8-21(13-17(27)28)9-7-20(5-3-18)12-16(25)26;1-3-5-7-9-10-8-6-4-2/h14,22H,2-13H2,1H3,(H,23,24)(H,25,26)(H,27,28);3-10H2,1-2H3. The molecule has 11 heteroatoms. The number of hydrogen-bond donors (Lipinski definition) is 4.